The second kappa shape index (κ2) is 2.61. The molecule has 5 heteroatoms. The Morgan fingerprint density at radius 2 is 2.08 bits per heavy atom. The van der Waals surface area contributed by atoms with Gasteiger partial charge in [0.05, 0.1) is 5.56 Å². The van der Waals surface area contributed by atoms with Crippen molar-refractivity contribution in [2.24, 2.45) is 0 Å². The number of hydrogen-bond acceptors (Lipinski definition) is 4. The van der Waals surface area contributed by atoms with Gasteiger partial charge in [0.1, 0.15) is 5.75 Å². The number of tetrazole rings is 1. The molecular formula is C7H6N4O. The maximum atomic E-state index is 9.36. The molecule has 60 valence electrons. The molecule has 5 nitrogen and oxygen atoms in total. The van der Waals surface area contributed by atoms with Crippen LogP contribution in [0.25, 0.3) is 11.4 Å². The third-order valence-electron chi connectivity index (χ3n) is 1.49. The van der Waals surface area contributed by atoms with E-state index in [9.17, 15) is 5.11 Å². The van der Waals surface area contributed by atoms with Crippen LogP contribution in [-0.2, 0) is 0 Å². The third kappa shape index (κ3) is 1.01. The van der Waals surface area contributed by atoms with Gasteiger partial charge < -0.3 is 5.11 Å². The van der Waals surface area contributed by atoms with E-state index in [1.54, 1.807) is 24.3 Å². The molecule has 12 heavy (non-hydrogen) atoms. The number of phenols is 1. The van der Waals surface area contributed by atoms with Crippen molar-refractivity contribution in [1.29, 1.82) is 0 Å². The number of aromatic amines is 1. The molecule has 0 amide bonds. The molecule has 0 aliphatic carbocycles. The van der Waals surface area contributed by atoms with E-state index in [-0.39, 0.29) is 5.75 Å². The molecule has 2 N–H and O–H groups in total. The van der Waals surface area contributed by atoms with E-state index >= 15 is 0 Å². The molecule has 1 heterocycles. The van der Waals surface area contributed by atoms with Crippen molar-refractivity contribution in [1.82, 2.24) is 20.6 Å². The van der Waals surface area contributed by atoms with Crippen molar-refractivity contribution in [2.45, 2.75) is 0 Å². The molecule has 2 aromatic rings. The maximum absolute atomic E-state index is 9.36. The van der Waals surface area contributed by atoms with E-state index in [2.05, 4.69) is 20.6 Å². The summed E-state index contributed by atoms with van der Waals surface area (Å²) in [4.78, 5) is 0. The first kappa shape index (κ1) is 6.78. The number of nitrogens with zero attached hydrogens (tertiary/aromatic N) is 3. The second-order valence-corrected chi connectivity index (χ2v) is 2.25. The number of aromatic hydroxyl groups is 1. The zero-order chi connectivity index (χ0) is 8.39. The molecule has 0 saturated heterocycles. The Hall–Kier alpha value is -1.91. The van der Waals surface area contributed by atoms with Crippen molar-refractivity contribution in [3.8, 4) is 17.1 Å². The summed E-state index contributed by atoms with van der Waals surface area (Å²) >= 11 is 0. The summed E-state index contributed by atoms with van der Waals surface area (Å²) in [6, 6.07) is 6.83. The average Bonchev–Trinajstić information content (AvgIpc) is 2.57. The van der Waals surface area contributed by atoms with Gasteiger partial charge in [0.15, 0.2) is 0 Å². The van der Waals surface area contributed by atoms with Gasteiger partial charge in [-0.25, -0.2) is 0 Å². The number of benzene rings is 1. The van der Waals surface area contributed by atoms with Gasteiger partial charge >= 0.3 is 0 Å². The van der Waals surface area contributed by atoms with Crippen LogP contribution in [-0.4, -0.2) is 25.7 Å². The van der Waals surface area contributed by atoms with Crippen molar-refractivity contribution < 1.29 is 5.11 Å². The summed E-state index contributed by atoms with van der Waals surface area (Å²) in [5.41, 5.74) is 0.575. The standard InChI is InChI=1S/C7H6N4O/c12-6-4-2-1-3-5(6)7-8-10-11-9-7/h1-4,12H,(H,8,9,10,11). The molecule has 0 radical (unpaired) electrons. The summed E-state index contributed by atoms with van der Waals surface area (Å²) in [6.07, 6.45) is 0. The Bertz CT molecular complexity index is 371. The monoisotopic (exact) mass is 162 g/mol. The summed E-state index contributed by atoms with van der Waals surface area (Å²) < 4.78 is 0. The largest absolute Gasteiger partial charge is 0.507 e. The van der Waals surface area contributed by atoms with E-state index in [0.717, 1.165) is 0 Å². The molecule has 0 atom stereocenters. The summed E-state index contributed by atoms with van der Waals surface area (Å²) in [5, 5.41) is 22.5. The predicted molar refractivity (Wildman–Crippen MR) is 41.3 cm³/mol. The molecule has 0 bridgehead atoms. The van der Waals surface area contributed by atoms with E-state index in [1.165, 1.54) is 0 Å². The van der Waals surface area contributed by atoms with Gasteiger partial charge in [0.2, 0.25) is 5.82 Å². The van der Waals surface area contributed by atoms with Crippen LogP contribution in [0.5, 0.6) is 5.75 Å². The van der Waals surface area contributed by atoms with Gasteiger partial charge in [0.25, 0.3) is 0 Å². The van der Waals surface area contributed by atoms with E-state index in [4.69, 9.17) is 0 Å². The van der Waals surface area contributed by atoms with Crippen LogP contribution in [0, 0.1) is 0 Å². The number of para-hydroxylation sites is 1. The van der Waals surface area contributed by atoms with Crippen molar-refractivity contribution in [3.05, 3.63) is 24.3 Å². The Labute approximate surface area is 68.1 Å². The smallest absolute Gasteiger partial charge is 0.208 e. The maximum Gasteiger partial charge on any atom is 0.208 e. The first-order chi connectivity index (χ1) is 5.88. The molecule has 0 fully saturated rings. The molecule has 0 spiro atoms. The van der Waals surface area contributed by atoms with Gasteiger partial charge in [-0.2, -0.15) is 5.21 Å². The van der Waals surface area contributed by atoms with Crippen LogP contribution < -0.4 is 0 Å². The minimum Gasteiger partial charge on any atom is -0.507 e. The number of hydrogen-bond donors (Lipinski definition) is 2. The predicted octanol–water partition coefficient (Wildman–Crippen LogP) is 0.572. The summed E-state index contributed by atoms with van der Waals surface area (Å²) in [6.45, 7) is 0. The molecule has 1 aromatic carbocycles. The van der Waals surface area contributed by atoms with E-state index in [1.807, 2.05) is 0 Å². The van der Waals surface area contributed by atoms with Gasteiger partial charge in [-0.15, -0.1) is 10.2 Å². The molecule has 1 aromatic heterocycles. The number of rotatable bonds is 1. The zero-order valence-corrected chi connectivity index (χ0v) is 6.10. The minimum absolute atomic E-state index is 0.152. The van der Waals surface area contributed by atoms with Gasteiger partial charge in [-0.05, 0) is 17.3 Å². The molecule has 0 unspecified atom stereocenters. The van der Waals surface area contributed by atoms with Gasteiger partial charge in [0, 0.05) is 0 Å². The highest BCUT2D eigenvalue weighted by Crippen LogP contribution is 2.23. The lowest BCUT2D eigenvalue weighted by Gasteiger charge is -1.96. The van der Waals surface area contributed by atoms with Crippen molar-refractivity contribution >= 4 is 0 Å². The zero-order valence-electron chi connectivity index (χ0n) is 6.10. The highest BCUT2D eigenvalue weighted by Gasteiger charge is 2.05. The van der Waals surface area contributed by atoms with Crippen LogP contribution in [0.15, 0.2) is 24.3 Å². The SMILES string of the molecule is Oc1ccccc1-c1nn[nH]n1. The Balaban J connectivity index is 2.55. The fourth-order valence-electron chi connectivity index (χ4n) is 0.939. The normalized spacial score (nSPS) is 10.0. The molecule has 0 aliphatic heterocycles. The van der Waals surface area contributed by atoms with Crippen LogP contribution in [0.1, 0.15) is 0 Å². The highest BCUT2D eigenvalue weighted by molar-refractivity contribution is 5.62. The summed E-state index contributed by atoms with van der Waals surface area (Å²) in [7, 11) is 0. The van der Waals surface area contributed by atoms with Crippen molar-refractivity contribution in [3.63, 3.8) is 0 Å². The van der Waals surface area contributed by atoms with Crippen LogP contribution in [0.3, 0.4) is 0 Å². The molecule has 2 rings (SSSR count). The lowest BCUT2D eigenvalue weighted by Crippen LogP contribution is -1.80. The van der Waals surface area contributed by atoms with E-state index in [0.29, 0.717) is 11.4 Å². The Morgan fingerprint density at radius 1 is 1.25 bits per heavy atom. The van der Waals surface area contributed by atoms with Crippen LogP contribution >= 0.6 is 0 Å². The van der Waals surface area contributed by atoms with Crippen LogP contribution in [0.4, 0.5) is 0 Å². The lowest BCUT2D eigenvalue weighted by atomic mass is 10.2. The van der Waals surface area contributed by atoms with Gasteiger partial charge in [-0.1, -0.05) is 12.1 Å². The van der Waals surface area contributed by atoms with Crippen LogP contribution in [0.2, 0.25) is 0 Å². The second-order valence-electron chi connectivity index (χ2n) is 2.25. The number of H-pyrrole nitrogens is 1. The minimum atomic E-state index is 0.152. The molecule has 0 saturated carbocycles. The quantitative estimate of drug-likeness (QED) is 0.642. The van der Waals surface area contributed by atoms with Gasteiger partial charge in [-0.3, -0.25) is 0 Å². The third-order valence-corrected chi connectivity index (χ3v) is 1.49. The number of nitrogens with one attached hydrogen (secondary N) is 1. The van der Waals surface area contributed by atoms with E-state index < -0.39 is 0 Å². The molecular weight excluding hydrogens is 156 g/mol. The fourth-order valence-corrected chi connectivity index (χ4v) is 0.939. The number of phenolic OH excluding ortho intramolecular Hbond substituents is 1. The van der Waals surface area contributed by atoms with Crippen molar-refractivity contribution in [2.75, 3.05) is 0 Å². The lowest BCUT2D eigenvalue weighted by molar-refractivity contribution is 0.477. The molecule has 0 aliphatic rings. The Kier molecular flexibility index (Phi) is 1.48. The average molecular weight is 162 g/mol. The Morgan fingerprint density at radius 3 is 2.75 bits per heavy atom. The number of aromatic nitrogens is 4. The first-order valence-electron chi connectivity index (χ1n) is 3.40. The topological polar surface area (TPSA) is 74.7 Å². The first-order valence-corrected chi connectivity index (χ1v) is 3.40. The summed E-state index contributed by atoms with van der Waals surface area (Å²) in [5.74, 6) is 0.548. The fraction of sp³-hybridized carbons (Fsp3) is 0. The highest BCUT2D eigenvalue weighted by atomic mass is 16.3.